The summed E-state index contributed by atoms with van der Waals surface area (Å²) in [6.07, 6.45) is 0.370. The van der Waals surface area contributed by atoms with Crippen LogP contribution >= 0.6 is 11.3 Å². The van der Waals surface area contributed by atoms with Crippen LogP contribution < -0.4 is 16.8 Å². The van der Waals surface area contributed by atoms with Gasteiger partial charge in [-0.05, 0) is 12.1 Å². The van der Waals surface area contributed by atoms with Crippen molar-refractivity contribution in [2.75, 3.05) is 11.1 Å². The molecule has 108 valence electrons. The molecule has 1 aromatic carbocycles. The number of amides is 1. The predicted molar refractivity (Wildman–Crippen MR) is 81.3 cm³/mol. The van der Waals surface area contributed by atoms with Gasteiger partial charge in [-0.2, -0.15) is 0 Å². The predicted octanol–water partition coefficient (Wildman–Crippen LogP) is 2.18. The van der Waals surface area contributed by atoms with Gasteiger partial charge in [0.15, 0.2) is 10.7 Å². The Hall–Kier alpha value is -2.61. The monoisotopic (exact) mass is 304 g/mol. The molecule has 0 aliphatic carbocycles. The summed E-state index contributed by atoms with van der Waals surface area (Å²) in [5.41, 5.74) is 8.26. The number of aromatic amines is 1. The SMILES string of the molecule is CCC(=O)Nc1nc(-c2ccc3[nH]c(=O)oc3c2)c(N)s1. The van der Waals surface area contributed by atoms with E-state index < -0.39 is 5.76 Å². The van der Waals surface area contributed by atoms with E-state index in [4.69, 9.17) is 10.2 Å². The van der Waals surface area contributed by atoms with Crippen molar-refractivity contribution >= 4 is 38.5 Å². The fourth-order valence-corrected chi connectivity index (χ4v) is 2.66. The van der Waals surface area contributed by atoms with Crippen LogP contribution in [0, 0.1) is 0 Å². The van der Waals surface area contributed by atoms with Gasteiger partial charge in [0, 0.05) is 12.0 Å². The molecule has 3 rings (SSSR count). The molecule has 4 N–H and O–H groups in total. The number of nitrogens with one attached hydrogen (secondary N) is 2. The van der Waals surface area contributed by atoms with Gasteiger partial charge < -0.3 is 15.5 Å². The molecule has 2 aromatic heterocycles. The Balaban J connectivity index is 2.01. The van der Waals surface area contributed by atoms with E-state index in [9.17, 15) is 9.59 Å². The van der Waals surface area contributed by atoms with Crippen molar-refractivity contribution in [1.82, 2.24) is 9.97 Å². The summed E-state index contributed by atoms with van der Waals surface area (Å²) >= 11 is 1.20. The molecule has 0 saturated heterocycles. The van der Waals surface area contributed by atoms with Gasteiger partial charge in [-0.3, -0.25) is 9.78 Å². The highest BCUT2D eigenvalue weighted by atomic mass is 32.1. The Morgan fingerprint density at radius 2 is 2.33 bits per heavy atom. The first kappa shape index (κ1) is 13.4. The van der Waals surface area contributed by atoms with Gasteiger partial charge in [0.25, 0.3) is 0 Å². The van der Waals surface area contributed by atoms with Crippen molar-refractivity contribution in [3.05, 3.63) is 28.7 Å². The zero-order valence-corrected chi connectivity index (χ0v) is 11.9. The number of anilines is 2. The van der Waals surface area contributed by atoms with E-state index in [1.807, 2.05) is 0 Å². The number of benzene rings is 1. The van der Waals surface area contributed by atoms with Crippen molar-refractivity contribution in [2.24, 2.45) is 0 Å². The molecule has 0 saturated carbocycles. The molecule has 8 heteroatoms. The third-order valence-electron chi connectivity index (χ3n) is 2.92. The van der Waals surface area contributed by atoms with Crippen LogP contribution in [0.25, 0.3) is 22.4 Å². The summed E-state index contributed by atoms with van der Waals surface area (Å²) in [6.45, 7) is 1.76. The minimum Gasteiger partial charge on any atom is -0.408 e. The lowest BCUT2D eigenvalue weighted by molar-refractivity contribution is -0.115. The smallest absolute Gasteiger partial charge is 0.408 e. The number of oxazole rings is 1. The van der Waals surface area contributed by atoms with Crippen molar-refractivity contribution in [3.8, 4) is 11.3 Å². The number of nitrogen functional groups attached to an aromatic ring is 1. The number of hydrogen-bond donors (Lipinski definition) is 3. The van der Waals surface area contributed by atoms with Gasteiger partial charge in [-0.1, -0.05) is 24.3 Å². The molecular formula is C13H12N4O3S. The van der Waals surface area contributed by atoms with Crippen LogP contribution in [0.3, 0.4) is 0 Å². The van der Waals surface area contributed by atoms with Crippen LogP contribution in [0.1, 0.15) is 13.3 Å². The summed E-state index contributed by atoms with van der Waals surface area (Å²) in [5.74, 6) is -0.633. The number of thiazole rings is 1. The summed E-state index contributed by atoms with van der Waals surface area (Å²) < 4.78 is 5.01. The average molecular weight is 304 g/mol. The van der Waals surface area contributed by atoms with Crippen LogP contribution in [0.15, 0.2) is 27.4 Å². The molecule has 0 aliphatic rings. The van der Waals surface area contributed by atoms with Crippen LogP contribution in [-0.4, -0.2) is 15.9 Å². The van der Waals surface area contributed by atoms with Gasteiger partial charge in [0.05, 0.1) is 5.52 Å². The standard InChI is InChI=1S/C13H12N4O3S/c1-2-9(18)16-12-17-10(11(14)21-12)6-3-4-7-8(5-6)20-13(19)15-7/h3-5H,2,14H2,1H3,(H,15,19)(H,16,17,18). The molecule has 0 aliphatic heterocycles. The molecule has 0 unspecified atom stereocenters. The van der Waals surface area contributed by atoms with E-state index in [0.29, 0.717) is 33.3 Å². The minimum atomic E-state index is -0.510. The number of H-pyrrole nitrogens is 1. The van der Waals surface area contributed by atoms with E-state index in [2.05, 4.69) is 15.3 Å². The normalized spacial score (nSPS) is 10.9. The van der Waals surface area contributed by atoms with Crippen LogP contribution in [0.2, 0.25) is 0 Å². The molecule has 0 fully saturated rings. The second-order valence-electron chi connectivity index (χ2n) is 4.36. The number of carbonyl (C=O) groups excluding carboxylic acids is 1. The Bertz CT molecular complexity index is 877. The quantitative estimate of drug-likeness (QED) is 0.686. The van der Waals surface area contributed by atoms with E-state index in [1.54, 1.807) is 25.1 Å². The Morgan fingerprint density at radius 3 is 3.10 bits per heavy atom. The highest BCUT2D eigenvalue weighted by molar-refractivity contribution is 7.20. The van der Waals surface area contributed by atoms with Crippen LogP contribution in [0.4, 0.5) is 10.1 Å². The fraction of sp³-hybridized carbons (Fsp3) is 0.154. The first-order chi connectivity index (χ1) is 10.1. The fourth-order valence-electron chi connectivity index (χ4n) is 1.89. The highest BCUT2D eigenvalue weighted by Gasteiger charge is 2.13. The van der Waals surface area contributed by atoms with Crippen molar-refractivity contribution in [1.29, 1.82) is 0 Å². The van der Waals surface area contributed by atoms with E-state index in [0.717, 1.165) is 5.56 Å². The third-order valence-corrected chi connectivity index (χ3v) is 3.72. The van der Waals surface area contributed by atoms with E-state index in [1.165, 1.54) is 11.3 Å². The number of aromatic nitrogens is 2. The van der Waals surface area contributed by atoms with Gasteiger partial charge in [0.1, 0.15) is 10.7 Å². The maximum absolute atomic E-state index is 11.4. The molecule has 2 heterocycles. The maximum Gasteiger partial charge on any atom is 0.417 e. The zero-order valence-electron chi connectivity index (χ0n) is 11.1. The third kappa shape index (κ3) is 2.52. The van der Waals surface area contributed by atoms with Crippen LogP contribution in [0.5, 0.6) is 0 Å². The van der Waals surface area contributed by atoms with Gasteiger partial charge in [-0.25, -0.2) is 9.78 Å². The lowest BCUT2D eigenvalue weighted by atomic mass is 10.1. The first-order valence-corrected chi connectivity index (χ1v) is 7.08. The van der Waals surface area contributed by atoms with Crippen molar-refractivity contribution in [3.63, 3.8) is 0 Å². The largest absolute Gasteiger partial charge is 0.417 e. The second kappa shape index (κ2) is 5.06. The molecule has 0 spiro atoms. The second-order valence-corrected chi connectivity index (χ2v) is 5.39. The summed E-state index contributed by atoms with van der Waals surface area (Å²) in [5, 5.41) is 3.61. The summed E-state index contributed by atoms with van der Waals surface area (Å²) in [4.78, 5) is 29.4. The number of rotatable bonds is 3. The van der Waals surface area contributed by atoms with E-state index >= 15 is 0 Å². The highest BCUT2D eigenvalue weighted by Crippen LogP contribution is 2.34. The zero-order chi connectivity index (χ0) is 15.0. The Kier molecular flexibility index (Phi) is 3.22. The number of nitrogens with zero attached hydrogens (tertiary/aromatic N) is 1. The average Bonchev–Trinajstić information content (AvgIpc) is 2.99. The molecule has 7 nitrogen and oxygen atoms in total. The van der Waals surface area contributed by atoms with Crippen molar-refractivity contribution in [2.45, 2.75) is 13.3 Å². The lowest BCUT2D eigenvalue weighted by Gasteiger charge is -1.98. The molecule has 0 radical (unpaired) electrons. The topological polar surface area (TPSA) is 114 Å². The first-order valence-electron chi connectivity index (χ1n) is 6.26. The number of fused-ring (bicyclic) bond motifs is 1. The minimum absolute atomic E-state index is 0.123. The summed E-state index contributed by atoms with van der Waals surface area (Å²) in [6, 6.07) is 5.19. The number of hydrogen-bond acceptors (Lipinski definition) is 6. The van der Waals surface area contributed by atoms with Crippen molar-refractivity contribution < 1.29 is 9.21 Å². The van der Waals surface area contributed by atoms with Crippen LogP contribution in [-0.2, 0) is 4.79 Å². The maximum atomic E-state index is 11.4. The van der Waals surface area contributed by atoms with Gasteiger partial charge in [-0.15, -0.1) is 0 Å². The van der Waals surface area contributed by atoms with Gasteiger partial charge in [0.2, 0.25) is 5.91 Å². The van der Waals surface area contributed by atoms with E-state index in [-0.39, 0.29) is 5.91 Å². The number of carbonyl (C=O) groups is 1. The molecular weight excluding hydrogens is 292 g/mol. The Labute approximate surface area is 122 Å². The van der Waals surface area contributed by atoms with Gasteiger partial charge >= 0.3 is 5.76 Å². The Morgan fingerprint density at radius 1 is 1.52 bits per heavy atom. The molecule has 0 atom stereocenters. The molecule has 0 bridgehead atoms. The molecule has 3 aromatic rings. The molecule has 21 heavy (non-hydrogen) atoms. The number of nitrogens with two attached hydrogens (primary N) is 1. The summed E-state index contributed by atoms with van der Waals surface area (Å²) in [7, 11) is 0. The molecule has 1 amide bonds. The lowest BCUT2D eigenvalue weighted by Crippen LogP contribution is -2.08.